The number of carboxylic acid groups (broad SMARTS) is 1. The molecule has 0 radical (unpaired) electrons. The van der Waals surface area contributed by atoms with Gasteiger partial charge in [0, 0.05) is 11.3 Å². The summed E-state index contributed by atoms with van der Waals surface area (Å²) >= 11 is 0. The van der Waals surface area contributed by atoms with Crippen LogP contribution in [0.15, 0.2) is 24.3 Å². The fourth-order valence-electron chi connectivity index (χ4n) is 1.34. The number of benzene rings is 1. The van der Waals surface area contributed by atoms with Gasteiger partial charge in [0.05, 0.1) is 6.04 Å². The van der Waals surface area contributed by atoms with Crippen LogP contribution in [0.2, 0.25) is 0 Å². The Hall–Kier alpha value is -2.41. The Morgan fingerprint density at radius 1 is 1.20 bits per heavy atom. The van der Waals surface area contributed by atoms with Gasteiger partial charge >= 0.3 is 5.97 Å². The van der Waals surface area contributed by atoms with Crippen molar-refractivity contribution in [2.75, 3.05) is 18.9 Å². The summed E-state index contributed by atoms with van der Waals surface area (Å²) in [6.45, 7) is 1.29. The summed E-state index contributed by atoms with van der Waals surface area (Å²) in [7, 11) is 1.68. The first-order chi connectivity index (χ1) is 9.43. The monoisotopic (exact) mass is 279 g/mol. The zero-order valence-corrected chi connectivity index (χ0v) is 11.3. The second-order valence-electron chi connectivity index (χ2n) is 4.15. The topological polar surface area (TPSA) is 108 Å². The number of hydrogen-bond donors (Lipinski definition) is 4. The van der Waals surface area contributed by atoms with Crippen LogP contribution in [0.1, 0.15) is 17.3 Å². The molecule has 2 amide bonds. The van der Waals surface area contributed by atoms with E-state index in [4.69, 9.17) is 5.11 Å². The highest BCUT2D eigenvalue weighted by atomic mass is 16.4. The van der Waals surface area contributed by atoms with Crippen molar-refractivity contribution in [2.24, 2.45) is 0 Å². The Morgan fingerprint density at radius 3 is 2.30 bits per heavy atom. The molecule has 0 bridgehead atoms. The third kappa shape index (κ3) is 4.69. The maximum Gasteiger partial charge on any atom is 0.322 e. The van der Waals surface area contributed by atoms with Gasteiger partial charge in [-0.1, -0.05) is 0 Å². The highest BCUT2D eigenvalue weighted by molar-refractivity contribution is 5.97. The quantitative estimate of drug-likeness (QED) is 0.588. The first-order valence-corrected chi connectivity index (χ1v) is 6.02. The van der Waals surface area contributed by atoms with E-state index in [1.807, 2.05) is 0 Å². The minimum absolute atomic E-state index is 0.185. The van der Waals surface area contributed by atoms with Gasteiger partial charge in [0.25, 0.3) is 5.91 Å². The first kappa shape index (κ1) is 15.6. The van der Waals surface area contributed by atoms with Crippen molar-refractivity contribution in [1.82, 2.24) is 10.6 Å². The highest BCUT2D eigenvalue weighted by Crippen LogP contribution is 2.09. The number of likely N-dealkylation sites (N-methyl/N-ethyl adjacent to an activating group) is 1. The average molecular weight is 279 g/mol. The van der Waals surface area contributed by atoms with Crippen molar-refractivity contribution in [3.8, 4) is 0 Å². The highest BCUT2D eigenvalue weighted by Gasteiger charge is 2.11. The Morgan fingerprint density at radius 2 is 1.80 bits per heavy atom. The van der Waals surface area contributed by atoms with Crippen molar-refractivity contribution in [1.29, 1.82) is 0 Å². The molecule has 0 saturated carbocycles. The molecule has 0 heterocycles. The summed E-state index contributed by atoms with van der Waals surface area (Å²) in [5.74, 6) is -1.77. The van der Waals surface area contributed by atoms with E-state index in [-0.39, 0.29) is 11.9 Å². The molecule has 1 unspecified atom stereocenters. The fourth-order valence-corrected chi connectivity index (χ4v) is 1.34. The molecule has 4 N–H and O–H groups in total. The van der Waals surface area contributed by atoms with Crippen molar-refractivity contribution in [3.05, 3.63) is 29.8 Å². The summed E-state index contributed by atoms with van der Waals surface area (Å²) < 4.78 is 0. The predicted octanol–water partition coefficient (Wildman–Crippen LogP) is 0.0474. The van der Waals surface area contributed by atoms with Crippen LogP contribution in [0, 0.1) is 0 Å². The van der Waals surface area contributed by atoms with E-state index < -0.39 is 18.4 Å². The number of carboxylic acids is 1. The molecule has 0 saturated heterocycles. The maximum absolute atomic E-state index is 11.6. The van der Waals surface area contributed by atoms with Crippen molar-refractivity contribution in [3.63, 3.8) is 0 Å². The lowest BCUT2D eigenvalue weighted by Crippen LogP contribution is -2.35. The number of amides is 2. The minimum atomic E-state index is -1.11. The summed E-state index contributed by atoms with van der Waals surface area (Å²) in [6, 6.07) is 5.85. The molecule has 108 valence electrons. The van der Waals surface area contributed by atoms with E-state index in [9.17, 15) is 14.4 Å². The molecular formula is C13H17N3O4. The first-order valence-electron chi connectivity index (χ1n) is 6.02. The SMILES string of the molecule is CNC(C)C(=O)Nc1ccc(C(=O)NCC(=O)O)cc1. The Balaban J connectivity index is 2.62. The zero-order chi connectivity index (χ0) is 15.1. The number of hydrogen-bond acceptors (Lipinski definition) is 4. The van der Waals surface area contributed by atoms with Crippen LogP contribution in [0.5, 0.6) is 0 Å². The van der Waals surface area contributed by atoms with Crippen LogP contribution >= 0.6 is 0 Å². The van der Waals surface area contributed by atoms with Gasteiger partial charge in [-0.15, -0.1) is 0 Å². The standard InChI is InChI=1S/C13H17N3O4/c1-8(14-2)12(19)16-10-5-3-9(4-6-10)13(20)15-7-11(17)18/h3-6,8,14H,7H2,1-2H3,(H,15,20)(H,16,19)(H,17,18). The van der Waals surface area contributed by atoms with Crippen LogP contribution in [-0.4, -0.2) is 42.5 Å². The van der Waals surface area contributed by atoms with Gasteiger partial charge in [0.1, 0.15) is 6.54 Å². The maximum atomic E-state index is 11.6. The van der Waals surface area contributed by atoms with Gasteiger partial charge in [0.15, 0.2) is 0 Å². The number of aliphatic carboxylic acids is 1. The third-order valence-electron chi connectivity index (χ3n) is 2.64. The number of carbonyl (C=O) groups is 3. The summed E-state index contributed by atoms with van der Waals surface area (Å²) in [6.07, 6.45) is 0. The van der Waals surface area contributed by atoms with Gasteiger partial charge in [-0.05, 0) is 38.2 Å². The van der Waals surface area contributed by atoms with Gasteiger partial charge in [-0.3, -0.25) is 14.4 Å². The molecule has 0 aliphatic carbocycles. The second-order valence-corrected chi connectivity index (χ2v) is 4.15. The largest absolute Gasteiger partial charge is 0.480 e. The number of rotatable bonds is 6. The summed E-state index contributed by atoms with van der Waals surface area (Å²) in [5, 5.41) is 16.2. The smallest absolute Gasteiger partial charge is 0.322 e. The molecule has 1 aromatic carbocycles. The molecule has 7 heteroatoms. The van der Waals surface area contributed by atoms with Gasteiger partial charge in [-0.25, -0.2) is 0 Å². The van der Waals surface area contributed by atoms with Crippen molar-refractivity contribution >= 4 is 23.5 Å². The Kier molecular flexibility index (Phi) is 5.67. The molecule has 1 atom stereocenters. The molecule has 7 nitrogen and oxygen atoms in total. The van der Waals surface area contributed by atoms with E-state index in [1.165, 1.54) is 12.1 Å². The molecular weight excluding hydrogens is 262 g/mol. The van der Waals surface area contributed by atoms with E-state index in [0.717, 1.165) is 0 Å². The predicted molar refractivity (Wildman–Crippen MR) is 73.6 cm³/mol. The lowest BCUT2D eigenvalue weighted by molar-refractivity contribution is -0.135. The number of carbonyl (C=O) groups excluding carboxylic acids is 2. The van der Waals surface area contributed by atoms with Crippen molar-refractivity contribution in [2.45, 2.75) is 13.0 Å². The van der Waals surface area contributed by atoms with Crippen LogP contribution in [-0.2, 0) is 9.59 Å². The lowest BCUT2D eigenvalue weighted by Gasteiger charge is -2.11. The Bertz CT molecular complexity index is 499. The average Bonchev–Trinajstić information content (AvgIpc) is 2.44. The van der Waals surface area contributed by atoms with Crippen LogP contribution in [0.3, 0.4) is 0 Å². The number of anilines is 1. The second kappa shape index (κ2) is 7.25. The summed E-state index contributed by atoms with van der Waals surface area (Å²) in [4.78, 5) is 33.5. The van der Waals surface area contributed by atoms with Crippen LogP contribution in [0.25, 0.3) is 0 Å². The summed E-state index contributed by atoms with van der Waals surface area (Å²) in [5.41, 5.74) is 0.887. The molecule has 0 aliphatic rings. The molecule has 0 aliphatic heterocycles. The van der Waals surface area contributed by atoms with Crippen molar-refractivity contribution < 1.29 is 19.5 Å². The molecule has 1 aromatic rings. The zero-order valence-electron chi connectivity index (χ0n) is 11.3. The van der Waals surface area contributed by atoms with Gasteiger partial charge < -0.3 is 21.1 Å². The Labute approximate surface area is 116 Å². The lowest BCUT2D eigenvalue weighted by atomic mass is 10.2. The van der Waals surface area contributed by atoms with Crippen LogP contribution < -0.4 is 16.0 Å². The molecule has 0 spiro atoms. The van der Waals surface area contributed by atoms with Gasteiger partial charge in [0.2, 0.25) is 5.91 Å². The molecule has 0 aromatic heterocycles. The van der Waals surface area contributed by atoms with E-state index in [0.29, 0.717) is 11.3 Å². The molecule has 20 heavy (non-hydrogen) atoms. The molecule has 0 fully saturated rings. The third-order valence-corrected chi connectivity index (χ3v) is 2.64. The fraction of sp³-hybridized carbons (Fsp3) is 0.308. The normalized spacial score (nSPS) is 11.5. The van der Waals surface area contributed by atoms with E-state index >= 15 is 0 Å². The molecule has 1 rings (SSSR count). The van der Waals surface area contributed by atoms with E-state index in [2.05, 4.69) is 16.0 Å². The van der Waals surface area contributed by atoms with Crippen LogP contribution in [0.4, 0.5) is 5.69 Å². The van der Waals surface area contributed by atoms with E-state index in [1.54, 1.807) is 26.1 Å². The number of nitrogens with one attached hydrogen (secondary N) is 3. The minimum Gasteiger partial charge on any atom is -0.480 e. The van der Waals surface area contributed by atoms with Gasteiger partial charge in [-0.2, -0.15) is 0 Å².